The van der Waals surface area contributed by atoms with Crippen LogP contribution in [-0.2, 0) is 4.79 Å². The number of carbonyl (C=O) groups excluding carboxylic acids is 3. The quantitative estimate of drug-likeness (QED) is 0.394. The van der Waals surface area contributed by atoms with E-state index in [-0.39, 0.29) is 18.6 Å². The number of ketones is 2. The highest BCUT2D eigenvalue weighted by molar-refractivity contribution is 6.01. The molecule has 0 saturated heterocycles. The molecule has 0 heterocycles. The summed E-state index contributed by atoms with van der Waals surface area (Å²) in [6.45, 7) is 1.46. The Balaban J connectivity index is 1.53. The first-order chi connectivity index (χ1) is 17.0. The van der Waals surface area contributed by atoms with E-state index < -0.39 is 24.3 Å². The number of benzene rings is 3. The fourth-order valence-corrected chi connectivity index (χ4v) is 3.20. The fourth-order valence-electron chi connectivity index (χ4n) is 3.20. The van der Waals surface area contributed by atoms with Gasteiger partial charge >= 0.3 is 0 Å². The average Bonchev–Trinajstić information content (AvgIpc) is 2.89. The minimum atomic E-state index is -1.08. The van der Waals surface area contributed by atoms with Crippen molar-refractivity contribution in [3.05, 3.63) is 107 Å². The summed E-state index contributed by atoms with van der Waals surface area (Å²) in [4.78, 5) is 37.2. The number of amides is 1. The van der Waals surface area contributed by atoms with E-state index in [4.69, 9.17) is 0 Å². The lowest BCUT2D eigenvalue weighted by Crippen LogP contribution is -2.43. The van der Waals surface area contributed by atoms with Gasteiger partial charge in [-0.15, -0.1) is 0 Å². The van der Waals surface area contributed by atoms with Crippen molar-refractivity contribution in [2.75, 3.05) is 6.61 Å². The Morgan fingerprint density at radius 2 is 1.34 bits per heavy atom. The normalized spacial score (nSPS) is 10.7. The van der Waals surface area contributed by atoms with Gasteiger partial charge in [0.25, 0.3) is 5.91 Å². The van der Waals surface area contributed by atoms with E-state index in [1.165, 1.54) is 5.56 Å². The van der Waals surface area contributed by atoms with Gasteiger partial charge in [0.2, 0.25) is 0 Å². The molecule has 3 rings (SSSR count). The van der Waals surface area contributed by atoms with Crippen LogP contribution in [0.1, 0.15) is 50.2 Å². The molecule has 0 aromatic heterocycles. The van der Waals surface area contributed by atoms with Gasteiger partial charge in [0.1, 0.15) is 6.04 Å². The molecule has 2 N–H and O–H groups in total. The molecule has 3 aromatic carbocycles. The molecule has 0 saturated carbocycles. The number of aryl methyl sites for hydroxylation is 1. The summed E-state index contributed by atoms with van der Waals surface area (Å²) in [5, 5.41) is 12.1. The van der Waals surface area contributed by atoms with Crippen LogP contribution in [0.25, 0.3) is 0 Å². The highest BCUT2D eigenvalue weighted by Gasteiger charge is 2.21. The summed E-state index contributed by atoms with van der Waals surface area (Å²) in [6, 6.07) is 22.0. The van der Waals surface area contributed by atoms with Gasteiger partial charge in [0.15, 0.2) is 11.6 Å². The second kappa shape index (κ2) is 12.7. The molecule has 0 unspecified atom stereocenters. The van der Waals surface area contributed by atoms with Crippen LogP contribution in [0, 0.1) is 30.6 Å². The lowest BCUT2D eigenvalue weighted by atomic mass is 10.0. The highest BCUT2D eigenvalue weighted by Crippen LogP contribution is 2.08. The summed E-state index contributed by atoms with van der Waals surface area (Å²) >= 11 is 0. The molecule has 174 valence electrons. The predicted molar refractivity (Wildman–Crippen MR) is 135 cm³/mol. The van der Waals surface area contributed by atoms with Crippen LogP contribution in [0.3, 0.4) is 0 Å². The molecule has 3 aromatic rings. The lowest BCUT2D eigenvalue weighted by molar-refractivity contribution is -0.121. The lowest BCUT2D eigenvalue weighted by Gasteiger charge is -2.15. The predicted octanol–water partition coefficient (Wildman–Crippen LogP) is 3.72. The van der Waals surface area contributed by atoms with Gasteiger partial charge in [-0.3, -0.25) is 14.4 Å². The second-order valence-electron chi connectivity index (χ2n) is 7.91. The molecule has 0 aliphatic carbocycles. The third-order valence-corrected chi connectivity index (χ3v) is 5.25. The fraction of sp³-hybridized carbons (Fsp3) is 0.167. The van der Waals surface area contributed by atoms with Crippen LogP contribution in [0.15, 0.2) is 78.9 Å². The Morgan fingerprint density at radius 3 is 1.91 bits per heavy atom. The van der Waals surface area contributed by atoms with E-state index in [2.05, 4.69) is 29.0 Å². The molecular weight excluding hydrogens is 438 g/mol. The van der Waals surface area contributed by atoms with Crippen molar-refractivity contribution in [2.45, 2.75) is 25.8 Å². The SMILES string of the molecule is Cc1ccc(C#CC#Cc2ccc(C(=O)N[C@H](CO)C(=O)CCC(=O)c3ccccc3)cc2)cc1. The maximum absolute atomic E-state index is 12.5. The molecule has 5 heteroatoms. The van der Waals surface area contributed by atoms with Crippen LogP contribution in [0.4, 0.5) is 0 Å². The number of aliphatic hydroxyl groups excluding tert-OH is 1. The van der Waals surface area contributed by atoms with Crippen LogP contribution in [-0.4, -0.2) is 35.2 Å². The van der Waals surface area contributed by atoms with E-state index in [1.807, 2.05) is 31.2 Å². The third kappa shape index (κ3) is 7.82. The maximum Gasteiger partial charge on any atom is 0.251 e. The van der Waals surface area contributed by atoms with Crippen molar-refractivity contribution in [1.29, 1.82) is 0 Å². The number of hydrogen-bond acceptors (Lipinski definition) is 4. The van der Waals surface area contributed by atoms with Gasteiger partial charge in [-0.25, -0.2) is 0 Å². The standard InChI is InChI=1S/C30H25NO4/c1-22-11-13-23(14-12-22)7-5-6-8-24-15-17-26(18-16-24)30(35)31-27(21-32)29(34)20-19-28(33)25-9-3-2-4-10-25/h2-4,9-18,27,32H,19-21H2,1H3,(H,31,35)/t27-/m1/s1. The highest BCUT2D eigenvalue weighted by atomic mass is 16.3. The summed E-state index contributed by atoms with van der Waals surface area (Å²) in [5.41, 5.74) is 3.59. The molecular formula is C30H25NO4. The monoisotopic (exact) mass is 463 g/mol. The summed E-state index contributed by atoms with van der Waals surface area (Å²) in [6.07, 6.45) is -0.0627. The van der Waals surface area contributed by atoms with Crippen molar-refractivity contribution < 1.29 is 19.5 Å². The van der Waals surface area contributed by atoms with Crippen LogP contribution < -0.4 is 5.32 Å². The van der Waals surface area contributed by atoms with E-state index in [9.17, 15) is 19.5 Å². The molecule has 0 radical (unpaired) electrons. The van der Waals surface area contributed by atoms with Crippen molar-refractivity contribution in [1.82, 2.24) is 5.32 Å². The van der Waals surface area contributed by atoms with E-state index in [1.54, 1.807) is 54.6 Å². The maximum atomic E-state index is 12.5. The van der Waals surface area contributed by atoms with Crippen LogP contribution in [0.2, 0.25) is 0 Å². The average molecular weight is 464 g/mol. The zero-order valence-electron chi connectivity index (χ0n) is 19.4. The zero-order valence-corrected chi connectivity index (χ0v) is 19.4. The second-order valence-corrected chi connectivity index (χ2v) is 7.91. The van der Waals surface area contributed by atoms with Gasteiger partial charge in [0, 0.05) is 35.1 Å². The molecule has 0 fully saturated rings. The van der Waals surface area contributed by atoms with Crippen LogP contribution in [0.5, 0.6) is 0 Å². The smallest absolute Gasteiger partial charge is 0.251 e. The molecule has 0 spiro atoms. The van der Waals surface area contributed by atoms with Crippen molar-refractivity contribution in [3.8, 4) is 23.7 Å². The van der Waals surface area contributed by atoms with Gasteiger partial charge in [-0.1, -0.05) is 59.9 Å². The van der Waals surface area contributed by atoms with Crippen molar-refractivity contribution in [3.63, 3.8) is 0 Å². The topological polar surface area (TPSA) is 83.5 Å². The molecule has 0 bridgehead atoms. The summed E-state index contributed by atoms with van der Waals surface area (Å²) in [5.74, 6) is 10.4. The molecule has 0 aliphatic heterocycles. The largest absolute Gasteiger partial charge is 0.394 e. The number of aliphatic hydroxyl groups is 1. The van der Waals surface area contributed by atoms with Crippen molar-refractivity contribution in [2.24, 2.45) is 0 Å². The Kier molecular flexibility index (Phi) is 9.14. The third-order valence-electron chi connectivity index (χ3n) is 5.25. The Hall–Kier alpha value is -4.45. The van der Waals surface area contributed by atoms with E-state index in [0.717, 1.165) is 5.56 Å². The van der Waals surface area contributed by atoms with Gasteiger partial charge in [-0.2, -0.15) is 0 Å². The molecule has 1 amide bonds. The minimum Gasteiger partial charge on any atom is -0.394 e. The molecule has 35 heavy (non-hydrogen) atoms. The summed E-state index contributed by atoms with van der Waals surface area (Å²) in [7, 11) is 0. The zero-order chi connectivity index (χ0) is 25.0. The number of carbonyl (C=O) groups is 3. The Morgan fingerprint density at radius 1 is 0.771 bits per heavy atom. The molecule has 1 atom stereocenters. The Labute approximate surface area is 205 Å². The molecule has 0 aliphatic rings. The number of rotatable bonds is 8. The van der Waals surface area contributed by atoms with Gasteiger partial charge in [0.05, 0.1) is 6.61 Å². The first-order valence-electron chi connectivity index (χ1n) is 11.2. The van der Waals surface area contributed by atoms with Gasteiger partial charge < -0.3 is 10.4 Å². The van der Waals surface area contributed by atoms with Gasteiger partial charge in [-0.05, 0) is 55.2 Å². The first-order valence-corrected chi connectivity index (χ1v) is 11.2. The number of hydrogen-bond donors (Lipinski definition) is 2. The number of nitrogens with one attached hydrogen (secondary N) is 1. The van der Waals surface area contributed by atoms with Crippen LogP contribution >= 0.6 is 0 Å². The van der Waals surface area contributed by atoms with Crippen molar-refractivity contribution >= 4 is 17.5 Å². The minimum absolute atomic E-state index is 0.00931. The summed E-state index contributed by atoms with van der Waals surface area (Å²) < 4.78 is 0. The van der Waals surface area contributed by atoms with E-state index >= 15 is 0 Å². The Bertz CT molecular complexity index is 1300. The van der Waals surface area contributed by atoms with E-state index in [0.29, 0.717) is 16.7 Å². The number of Topliss-reactive ketones (excluding diaryl/α,β-unsaturated/α-hetero) is 2. The molecule has 5 nitrogen and oxygen atoms in total. The first kappa shape index (κ1) is 25.2.